The van der Waals surface area contributed by atoms with Gasteiger partial charge in [0.25, 0.3) is 0 Å². The van der Waals surface area contributed by atoms with Crippen LogP contribution in [0.15, 0.2) is 48.5 Å². The van der Waals surface area contributed by atoms with Crippen LogP contribution in [0.25, 0.3) is 0 Å². The number of hydrogen-bond donors (Lipinski definition) is 0. The van der Waals surface area contributed by atoms with Crippen molar-refractivity contribution in [3.63, 3.8) is 0 Å². The molecule has 1 atom stereocenters. The van der Waals surface area contributed by atoms with Crippen molar-refractivity contribution in [3.05, 3.63) is 65.5 Å². The molecule has 0 aliphatic carbocycles. The van der Waals surface area contributed by atoms with E-state index in [2.05, 4.69) is 0 Å². The molecule has 4 heteroatoms. The van der Waals surface area contributed by atoms with Gasteiger partial charge in [0.1, 0.15) is 11.4 Å². The molecule has 2 aromatic rings. The van der Waals surface area contributed by atoms with Crippen LogP contribution in [-0.2, 0) is 10.3 Å². The minimum Gasteiger partial charge on any atom is -0.367 e. The second kappa shape index (κ2) is 5.78. The summed E-state index contributed by atoms with van der Waals surface area (Å²) < 4.78 is 20.2. The van der Waals surface area contributed by atoms with Gasteiger partial charge >= 0.3 is 0 Å². The van der Waals surface area contributed by atoms with Gasteiger partial charge in [-0.3, -0.25) is 0 Å². The molecular weight excluding hydrogens is 279 g/mol. The lowest BCUT2D eigenvalue weighted by atomic mass is 9.93. The van der Waals surface area contributed by atoms with Crippen LogP contribution in [0.2, 0.25) is 0 Å². The molecule has 0 spiro atoms. The van der Waals surface area contributed by atoms with Crippen LogP contribution in [0, 0.1) is 17.1 Å². The molecule has 0 amide bonds. The lowest BCUT2D eigenvalue weighted by molar-refractivity contribution is -0.0467. The van der Waals surface area contributed by atoms with Crippen molar-refractivity contribution in [3.8, 4) is 6.07 Å². The van der Waals surface area contributed by atoms with Crippen molar-refractivity contribution >= 4 is 5.69 Å². The highest BCUT2D eigenvalue weighted by molar-refractivity contribution is 5.52. The van der Waals surface area contributed by atoms with Crippen molar-refractivity contribution < 1.29 is 9.13 Å². The number of ether oxygens (including phenoxy) is 1. The van der Waals surface area contributed by atoms with Crippen molar-refractivity contribution in [2.75, 3.05) is 24.6 Å². The Morgan fingerprint density at radius 3 is 2.68 bits per heavy atom. The maximum Gasteiger partial charge on any atom is 0.147 e. The molecule has 1 aliphatic heterocycles. The van der Waals surface area contributed by atoms with Gasteiger partial charge in [0.2, 0.25) is 0 Å². The number of halogens is 1. The minimum absolute atomic E-state index is 0.334. The molecule has 3 nitrogen and oxygen atoms in total. The van der Waals surface area contributed by atoms with Crippen LogP contribution >= 0.6 is 0 Å². The summed E-state index contributed by atoms with van der Waals surface area (Å²) in [5.41, 5.74) is 1.46. The van der Waals surface area contributed by atoms with E-state index in [1.165, 1.54) is 6.07 Å². The van der Waals surface area contributed by atoms with Crippen LogP contribution in [0.1, 0.15) is 18.1 Å². The maximum absolute atomic E-state index is 14.2. The van der Waals surface area contributed by atoms with Crippen LogP contribution in [-0.4, -0.2) is 19.7 Å². The first-order chi connectivity index (χ1) is 10.6. The fourth-order valence-corrected chi connectivity index (χ4v) is 2.87. The van der Waals surface area contributed by atoms with E-state index in [0.717, 1.165) is 5.56 Å². The van der Waals surface area contributed by atoms with E-state index in [9.17, 15) is 4.39 Å². The molecule has 1 fully saturated rings. The molecule has 112 valence electrons. The summed E-state index contributed by atoms with van der Waals surface area (Å²) in [5.74, 6) is -0.364. The summed E-state index contributed by atoms with van der Waals surface area (Å²) in [7, 11) is 0. The zero-order valence-electron chi connectivity index (χ0n) is 12.4. The van der Waals surface area contributed by atoms with Crippen molar-refractivity contribution in [1.82, 2.24) is 0 Å². The number of anilines is 1. The monoisotopic (exact) mass is 296 g/mol. The van der Waals surface area contributed by atoms with E-state index in [1.807, 2.05) is 48.2 Å². The fraction of sp³-hybridized carbons (Fsp3) is 0.278. The second-order valence-corrected chi connectivity index (χ2v) is 5.64. The molecule has 22 heavy (non-hydrogen) atoms. The molecule has 1 heterocycles. The lowest BCUT2D eigenvalue weighted by Crippen LogP contribution is -2.48. The maximum atomic E-state index is 14.2. The van der Waals surface area contributed by atoms with Crippen LogP contribution < -0.4 is 4.90 Å². The van der Waals surface area contributed by atoms with Crippen LogP contribution in [0.4, 0.5) is 10.1 Å². The van der Waals surface area contributed by atoms with E-state index in [4.69, 9.17) is 10.00 Å². The van der Waals surface area contributed by atoms with Gasteiger partial charge in [0.05, 0.1) is 30.5 Å². The third kappa shape index (κ3) is 2.68. The Hall–Kier alpha value is -2.38. The Morgan fingerprint density at radius 1 is 1.23 bits per heavy atom. The van der Waals surface area contributed by atoms with E-state index in [1.54, 1.807) is 12.1 Å². The van der Waals surface area contributed by atoms with E-state index >= 15 is 0 Å². The Kier molecular flexibility index (Phi) is 3.82. The topological polar surface area (TPSA) is 36.3 Å². The predicted molar refractivity (Wildman–Crippen MR) is 83.1 cm³/mol. The fourth-order valence-electron chi connectivity index (χ4n) is 2.87. The normalized spacial score (nSPS) is 21.4. The molecule has 1 unspecified atom stereocenters. The molecule has 0 N–H and O–H groups in total. The smallest absolute Gasteiger partial charge is 0.147 e. The van der Waals surface area contributed by atoms with Crippen LogP contribution in [0.5, 0.6) is 0 Å². The first-order valence-corrected chi connectivity index (χ1v) is 7.26. The number of nitriles is 1. The summed E-state index contributed by atoms with van der Waals surface area (Å²) in [6, 6.07) is 16.5. The van der Waals surface area contributed by atoms with Gasteiger partial charge in [-0.05, 0) is 30.7 Å². The van der Waals surface area contributed by atoms with Gasteiger partial charge in [0.15, 0.2) is 0 Å². The summed E-state index contributed by atoms with van der Waals surface area (Å²) in [6.45, 7) is 3.76. The molecule has 2 aromatic carbocycles. The SMILES string of the molecule is CC1(c2ccccc2)CN(c2ccc(C#N)cc2F)CCO1. The number of benzene rings is 2. The average molecular weight is 296 g/mol. The molecule has 0 aromatic heterocycles. The third-order valence-electron chi connectivity index (χ3n) is 4.08. The average Bonchev–Trinajstić information content (AvgIpc) is 2.55. The van der Waals surface area contributed by atoms with E-state index in [-0.39, 0.29) is 5.82 Å². The van der Waals surface area contributed by atoms with Crippen molar-refractivity contribution in [2.45, 2.75) is 12.5 Å². The highest BCUT2D eigenvalue weighted by Crippen LogP contribution is 2.32. The van der Waals surface area contributed by atoms with E-state index in [0.29, 0.717) is 30.9 Å². The summed E-state index contributed by atoms with van der Waals surface area (Å²) >= 11 is 0. The number of rotatable bonds is 2. The largest absolute Gasteiger partial charge is 0.367 e. The van der Waals surface area contributed by atoms with Crippen molar-refractivity contribution in [2.24, 2.45) is 0 Å². The molecule has 0 saturated carbocycles. The Morgan fingerprint density at radius 2 is 2.00 bits per heavy atom. The molecule has 1 aliphatic rings. The van der Waals surface area contributed by atoms with Crippen LogP contribution in [0.3, 0.4) is 0 Å². The van der Waals surface area contributed by atoms with Gasteiger partial charge in [-0.2, -0.15) is 5.26 Å². The molecule has 0 bridgehead atoms. The Balaban J connectivity index is 1.89. The lowest BCUT2D eigenvalue weighted by Gasteiger charge is -2.42. The first-order valence-electron chi connectivity index (χ1n) is 7.26. The molecule has 1 saturated heterocycles. The van der Waals surface area contributed by atoms with E-state index < -0.39 is 5.60 Å². The predicted octanol–water partition coefficient (Wildman–Crippen LogP) is 3.45. The molecule has 0 radical (unpaired) electrons. The zero-order chi connectivity index (χ0) is 15.6. The summed E-state index contributed by atoms with van der Waals surface area (Å²) in [4.78, 5) is 1.98. The molecule has 3 rings (SSSR count). The Bertz CT molecular complexity index is 711. The Labute approximate surface area is 129 Å². The van der Waals surface area contributed by atoms with Gasteiger partial charge < -0.3 is 9.64 Å². The molecular formula is C18H17FN2O. The quantitative estimate of drug-likeness (QED) is 0.851. The number of morpholine rings is 1. The number of hydrogen-bond acceptors (Lipinski definition) is 3. The van der Waals surface area contributed by atoms with Crippen molar-refractivity contribution in [1.29, 1.82) is 5.26 Å². The minimum atomic E-state index is -0.472. The zero-order valence-corrected chi connectivity index (χ0v) is 12.4. The van der Waals surface area contributed by atoms with Gasteiger partial charge in [-0.25, -0.2) is 4.39 Å². The summed E-state index contributed by atoms with van der Waals surface area (Å²) in [5, 5.41) is 8.84. The highest BCUT2D eigenvalue weighted by atomic mass is 19.1. The van der Waals surface area contributed by atoms with Gasteiger partial charge in [-0.15, -0.1) is 0 Å². The third-order valence-corrected chi connectivity index (χ3v) is 4.08. The highest BCUT2D eigenvalue weighted by Gasteiger charge is 2.34. The first kappa shape index (κ1) is 14.6. The standard InChI is InChI=1S/C18H17FN2O/c1-18(15-5-3-2-4-6-15)13-21(9-10-22-18)17-8-7-14(12-20)11-16(17)19/h2-8,11H,9-10,13H2,1H3. The van der Waals surface area contributed by atoms with Gasteiger partial charge in [0, 0.05) is 6.54 Å². The van der Waals surface area contributed by atoms with Gasteiger partial charge in [-0.1, -0.05) is 30.3 Å². The summed E-state index contributed by atoms with van der Waals surface area (Å²) in [6.07, 6.45) is 0. The second-order valence-electron chi connectivity index (χ2n) is 5.64. The number of nitrogens with zero attached hydrogens (tertiary/aromatic N) is 2.